The number of amides is 4. The number of rotatable bonds is 12. The fraction of sp³-hybridized carbons (Fsp3) is 0.381. The molecule has 0 bridgehead atoms. The molecule has 1 saturated carbocycles. The zero-order chi connectivity index (χ0) is 38.1. The van der Waals surface area contributed by atoms with Crippen molar-refractivity contribution in [3.63, 3.8) is 0 Å². The zero-order valence-corrected chi connectivity index (χ0v) is 30.8. The van der Waals surface area contributed by atoms with Crippen molar-refractivity contribution >= 4 is 29.3 Å². The van der Waals surface area contributed by atoms with Crippen LogP contribution in [0.3, 0.4) is 0 Å². The number of carbonyl (C=O) groups is 4. The highest BCUT2D eigenvalue weighted by molar-refractivity contribution is 6.23. The normalized spacial score (nSPS) is 21.4. The van der Waals surface area contributed by atoms with Gasteiger partial charge in [0, 0.05) is 55.4 Å². The second-order valence-corrected chi connectivity index (χ2v) is 15.0. The standard InChI is InChI=1S/C42H43N5O8/c1-42(2,25-3-8-30(9-4-25)53-24-28-15-18-43-41(45-28)55-32-16-19-52-20-17-32)26-5-10-31(11-6-26)54-33-21-29(22-33)44-27-7-12-34-35(23-27)40(51)47(39(34)50)36-13-14-37(48)46-38(36)49/h3-12,15,18,23,29,32-33,36,44H,13-14,16-17,19-22,24H2,1-2H3,(H,46,48,49). The fourth-order valence-electron chi connectivity index (χ4n) is 7.47. The molecule has 4 amide bonds. The SMILES string of the molecule is CC(C)(c1ccc(OCc2ccnc(OC3CCOCC3)n2)cc1)c1ccc(OC2CC(Nc3ccc4c(c3)C(=O)N(C3CCC(=O)NC3=O)C4=O)C2)cc1. The predicted molar refractivity (Wildman–Crippen MR) is 200 cm³/mol. The molecule has 0 radical (unpaired) electrons. The van der Waals surface area contributed by atoms with Gasteiger partial charge in [-0.05, 0) is 66.1 Å². The molecule has 4 aromatic rings. The third kappa shape index (κ3) is 7.74. The van der Waals surface area contributed by atoms with Crippen LogP contribution in [-0.2, 0) is 26.3 Å². The minimum absolute atomic E-state index is 0.0398. The van der Waals surface area contributed by atoms with Crippen LogP contribution >= 0.6 is 0 Å². The molecule has 4 aliphatic rings. The number of hydrogen-bond donors (Lipinski definition) is 2. The van der Waals surface area contributed by atoms with Gasteiger partial charge in [-0.2, -0.15) is 4.98 Å². The number of nitrogens with zero attached hydrogens (tertiary/aromatic N) is 3. The third-order valence-electron chi connectivity index (χ3n) is 10.9. The number of nitrogens with one attached hydrogen (secondary N) is 2. The van der Waals surface area contributed by atoms with Crippen LogP contribution in [0.15, 0.2) is 79.0 Å². The molecular formula is C42H43N5O8. The number of hydrogen-bond acceptors (Lipinski definition) is 11. The van der Waals surface area contributed by atoms with Crippen molar-refractivity contribution in [3.05, 3.63) is 107 Å². The van der Waals surface area contributed by atoms with Gasteiger partial charge in [0.05, 0.1) is 30.0 Å². The molecule has 1 aromatic heterocycles. The van der Waals surface area contributed by atoms with Crippen molar-refractivity contribution in [1.29, 1.82) is 0 Å². The highest BCUT2D eigenvalue weighted by atomic mass is 16.5. The van der Waals surface area contributed by atoms with Gasteiger partial charge < -0.3 is 24.3 Å². The van der Waals surface area contributed by atoms with E-state index < -0.39 is 29.7 Å². The molecule has 3 aromatic carbocycles. The van der Waals surface area contributed by atoms with E-state index in [1.165, 1.54) is 0 Å². The van der Waals surface area contributed by atoms with Crippen LogP contribution in [0.1, 0.15) is 89.9 Å². The molecule has 284 valence electrons. The lowest BCUT2D eigenvalue weighted by Crippen LogP contribution is -2.54. The summed E-state index contributed by atoms with van der Waals surface area (Å²) in [6.45, 7) is 6.07. The van der Waals surface area contributed by atoms with Crippen LogP contribution in [0.4, 0.5) is 5.69 Å². The largest absolute Gasteiger partial charge is 0.490 e. The fourth-order valence-corrected chi connectivity index (χ4v) is 7.47. The van der Waals surface area contributed by atoms with Gasteiger partial charge in [0.2, 0.25) is 11.8 Å². The Balaban J connectivity index is 0.807. The number of aromatic nitrogens is 2. The van der Waals surface area contributed by atoms with Gasteiger partial charge in [-0.25, -0.2) is 4.98 Å². The van der Waals surface area contributed by atoms with E-state index in [-0.39, 0.29) is 47.6 Å². The Morgan fingerprint density at radius 3 is 2.22 bits per heavy atom. The molecule has 0 spiro atoms. The zero-order valence-electron chi connectivity index (χ0n) is 30.8. The molecule has 1 unspecified atom stereocenters. The van der Waals surface area contributed by atoms with Crippen molar-refractivity contribution < 1.29 is 38.1 Å². The molecular weight excluding hydrogens is 702 g/mol. The van der Waals surface area contributed by atoms with Crippen LogP contribution in [0.25, 0.3) is 0 Å². The van der Waals surface area contributed by atoms with E-state index in [0.29, 0.717) is 25.8 Å². The minimum Gasteiger partial charge on any atom is -0.490 e. The molecule has 13 heteroatoms. The molecule has 4 heterocycles. The summed E-state index contributed by atoms with van der Waals surface area (Å²) in [6.07, 6.45) is 5.22. The Bertz CT molecular complexity index is 2090. The monoisotopic (exact) mass is 745 g/mol. The quantitative estimate of drug-likeness (QED) is 0.180. The van der Waals surface area contributed by atoms with E-state index in [2.05, 4.69) is 58.7 Å². The molecule has 2 saturated heterocycles. The van der Waals surface area contributed by atoms with E-state index in [1.807, 2.05) is 30.3 Å². The van der Waals surface area contributed by atoms with Crippen molar-refractivity contribution in [3.8, 4) is 17.5 Å². The molecule has 2 N–H and O–H groups in total. The third-order valence-corrected chi connectivity index (χ3v) is 10.9. The number of imide groups is 2. The van der Waals surface area contributed by atoms with Crippen molar-refractivity contribution in [2.24, 2.45) is 0 Å². The summed E-state index contributed by atoms with van der Waals surface area (Å²) >= 11 is 0. The molecule has 1 aliphatic carbocycles. The van der Waals surface area contributed by atoms with Crippen molar-refractivity contribution in [2.75, 3.05) is 18.5 Å². The van der Waals surface area contributed by atoms with Gasteiger partial charge in [0.1, 0.15) is 36.4 Å². The number of carbonyl (C=O) groups excluding carboxylic acids is 4. The number of ether oxygens (including phenoxy) is 4. The summed E-state index contributed by atoms with van der Waals surface area (Å²) in [6, 6.07) is 22.7. The summed E-state index contributed by atoms with van der Waals surface area (Å²) in [4.78, 5) is 59.9. The lowest BCUT2D eigenvalue weighted by Gasteiger charge is -2.36. The van der Waals surface area contributed by atoms with Crippen molar-refractivity contribution in [1.82, 2.24) is 20.2 Å². The molecule has 3 aliphatic heterocycles. The molecule has 8 rings (SSSR count). The number of piperidine rings is 1. The summed E-state index contributed by atoms with van der Waals surface area (Å²) < 4.78 is 23.7. The Morgan fingerprint density at radius 2 is 1.51 bits per heavy atom. The second kappa shape index (κ2) is 15.1. The van der Waals surface area contributed by atoms with Gasteiger partial charge in [-0.1, -0.05) is 38.1 Å². The number of benzene rings is 3. The van der Waals surface area contributed by atoms with Crippen molar-refractivity contribution in [2.45, 2.75) is 88.7 Å². The van der Waals surface area contributed by atoms with Gasteiger partial charge in [-0.15, -0.1) is 0 Å². The van der Waals surface area contributed by atoms with Gasteiger partial charge in [0.15, 0.2) is 0 Å². The molecule has 13 nitrogen and oxygen atoms in total. The molecule has 3 fully saturated rings. The Kier molecular flexibility index (Phi) is 9.95. The first kappa shape index (κ1) is 36.2. The van der Waals surface area contributed by atoms with Crippen LogP contribution in [0.2, 0.25) is 0 Å². The molecule has 55 heavy (non-hydrogen) atoms. The first-order valence-electron chi connectivity index (χ1n) is 18.8. The minimum atomic E-state index is -0.988. The first-order valence-corrected chi connectivity index (χ1v) is 18.8. The molecule has 1 atom stereocenters. The number of anilines is 1. The number of fused-ring (bicyclic) bond motifs is 1. The second-order valence-electron chi connectivity index (χ2n) is 15.0. The average Bonchev–Trinajstić information content (AvgIpc) is 3.42. The first-order chi connectivity index (χ1) is 26.6. The van der Waals surface area contributed by atoms with Gasteiger partial charge in [-0.3, -0.25) is 29.4 Å². The van der Waals surface area contributed by atoms with E-state index in [4.69, 9.17) is 18.9 Å². The lowest BCUT2D eigenvalue weighted by molar-refractivity contribution is -0.136. The van der Waals surface area contributed by atoms with Crippen LogP contribution < -0.4 is 24.8 Å². The maximum absolute atomic E-state index is 13.2. The Labute approximate surface area is 318 Å². The summed E-state index contributed by atoms with van der Waals surface area (Å²) in [5.41, 5.74) is 4.02. The topological polar surface area (TPSA) is 158 Å². The summed E-state index contributed by atoms with van der Waals surface area (Å²) in [5.74, 6) is -0.515. The van der Waals surface area contributed by atoms with E-state index in [9.17, 15) is 19.2 Å². The highest BCUT2D eigenvalue weighted by Crippen LogP contribution is 2.36. The highest BCUT2D eigenvalue weighted by Gasteiger charge is 2.45. The lowest BCUT2D eigenvalue weighted by atomic mass is 9.78. The van der Waals surface area contributed by atoms with E-state index >= 15 is 0 Å². The summed E-state index contributed by atoms with van der Waals surface area (Å²) in [7, 11) is 0. The van der Waals surface area contributed by atoms with E-state index in [0.717, 1.165) is 64.6 Å². The Hall–Kier alpha value is -5.82. The van der Waals surface area contributed by atoms with Crippen LogP contribution in [0, 0.1) is 0 Å². The predicted octanol–water partition coefficient (Wildman–Crippen LogP) is 5.36. The van der Waals surface area contributed by atoms with E-state index in [1.54, 1.807) is 24.4 Å². The maximum atomic E-state index is 13.2. The Morgan fingerprint density at radius 1 is 0.818 bits per heavy atom. The van der Waals surface area contributed by atoms with Gasteiger partial charge in [0.25, 0.3) is 11.8 Å². The van der Waals surface area contributed by atoms with Gasteiger partial charge >= 0.3 is 6.01 Å². The van der Waals surface area contributed by atoms with Crippen LogP contribution in [-0.4, -0.2) is 76.0 Å². The average molecular weight is 746 g/mol. The maximum Gasteiger partial charge on any atom is 0.316 e. The smallest absolute Gasteiger partial charge is 0.316 e. The summed E-state index contributed by atoms with van der Waals surface area (Å²) in [5, 5.41) is 5.66. The van der Waals surface area contributed by atoms with Crippen LogP contribution in [0.5, 0.6) is 17.5 Å².